The lowest BCUT2D eigenvalue weighted by atomic mass is 10.1. The van der Waals surface area contributed by atoms with E-state index < -0.39 is 31.5 Å². The lowest BCUT2D eigenvalue weighted by Gasteiger charge is -2.27. The Balaban J connectivity index is 1.84. The number of hydrogen-bond donors (Lipinski definition) is 2. The lowest BCUT2D eigenvalue weighted by molar-refractivity contribution is -0.152. The van der Waals surface area contributed by atoms with E-state index in [-0.39, 0.29) is 13.2 Å². The van der Waals surface area contributed by atoms with Crippen LogP contribution in [0.3, 0.4) is 0 Å². The van der Waals surface area contributed by atoms with Crippen LogP contribution in [-0.4, -0.2) is 23.6 Å². The van der Waals surface area contributed by atoms with Gasteiger partial charge in [-0.05, 0) is 23.6 Å². The van der Waals surface area contributed by atoms with E-state index >= 15 is 0 Å². The molecule has 0 aliphatic heterocycles. The minimum atomic E-state index is -4.69. The number of alkyl carbamates (subject to hydrolysis) is 1. The molecule has 1 amide bonds. The molecular weight excluding hydrogens is 457 g/mol. The van der Waals surface area contributed by atoms with Crippen LogP contribution >= 0.6 is 7.60 Å². The average Bonchev–Trinajstić information content (AvgIpc) is 2.86. The largest absolute Gasteiger partial charge is 0.464 e. The summed E-state index contributed by atoms with van der Waals surface area (Å²) in [5.41, 5.74) is 1.40. The molecular formula is C25H26NO7P. The van der Waals surface area contributed by atoms with Crippen LogP contribution < -0.4 is 5.32 Å². The topological polar surface area (TPSA) is 111 Å². The van der Waals surface area contributed by atoms with Crippen LogP contribution in [0.25, 0.3) is 0 Å². The van der Waals surface area contributed by atoms with Crippen molar-refractivity contribution in [1.29, 1.82) is 0 Å². The Kier molecular flexibility index (Phi) is 8.99. The van der Waals surface area contributed by atoms with E-state index in [9.17, 15) is 19.0 Å². The molecule has 3 aromatic carbocycles. The molecule has 2 N–H and O–H groups in total. The molecule has 8 nitrogen and oxygen atoms in total. The summed E-state index contributed by atoms with van der Waals surface area (Å²) in [5, 5.41) is 2.42. The molecule has 3 atom stereocenters. The highest BCUT2D eigenvalue weighted by Gasteiger charge is 2.41. The number of nitrogens with one attached hydrogen (secondary N) is 1. The fourth-order valence-corrected chi connectivity index (χ4v) is 4.61. The summed E-state index contributed by atoms with van der Waals surface area (Å²) in [6, 6.07) is 25.4. The molecule has 0 aromatic heterocycles. The van der Waals surface area contributed by atoms with Crippen molar-refractivity contribution in [2.75, 3.05) is 6.61 Å². The standard InChI is InChI=1S/C25H26NO7P/c1-2-31-24(27)22(20-14-8-4-9-15-20)33-34(29,30)23(21-16-10-5-11-17-21)26-25(28)32-18-19-12-6-3-7-13-19/h3-17,22-23H,2,18H2,1H3,(H,26,28)(H,29,30)/t22-,23+/m1/s1. The number of hydrogen-bond acceptors (Lipinski definition) is 6. The molecule has 0 aliphatic carbocycles. The highest BCUT2D eigenvalue weighted by Crippen LogP contribution is 2.58. The van der Waals surface area contributed by atoms with Crippen LogP contribution in [-0.2, 0) is 30.0 Å². The van der Waals surface area contributed by atoms with Gasteiger partial charge in [-0.15, -0.1) is 0 Å². The summed E-state index contributed by atoms with van der Waals surface area (Å²) in [5.74, 6) is -2.31. The zero-order valence-corrected chi connectivity index (χ0v) is 19.5. The van der Waals surface area contributed by atoms with Crippen LogP contribution in [0.5, 0.6) is 0 Å². The zero-order valence-electron chi connectivity index (χ0n) is 18.6. The van der Waals surface area contributed by atoms with Gasteiger partial charge < -0.3 is 19.7 Å². The molecule has 3 aromatic rings. The van der Waals surface area contributed by atoms with E-state index in [2.05, 4.69) is 5.32 Å². The smallest absolute Gasteiger partial charge is 0.408 e. The number of esters is 1. The number of carbonyl (C=O) groups excluding carboxylic acids is 2. The van der Waals surface area contributed by atoms with Gasteiger partial charge in [0.1, 0.15) is 6.61 Å². The SMILES string of the molecule is CCOC(=O)[C@H](OP(=O)(O)[C@H](NC(=O)OCc1ccccc1)c1ccccc1)c1ccccc1. The number of rotatable bonds is 10. The minimum absolute atomic E-state index is 0.0275. The Morgan fingerprint density at radius 1 is 0.853 bits per heavy atom. The summed E-state index contributed by atoms with van der Waals surface area (Å²) in [4.78, 5) is 36.1. The Hall–Kier alpha value is -3.45. The predicted octanol–water partition coefficient (Wildman–Crippen LogP) is 5.12. The van der Waals surface area contributed by atoms with Gasteiger partial charge in [0, 0.05) is 0 Å². The molecule has 3 rings (SSSR count). The van der Waals surface area contributed by atoms with Gasteiger partial charge in [0.25, 0.3) is 0 Å². The average molecular weight is 483 g/mol. The molecule has 9 heteroatoms. The van der Waals surface area contributed by atoms with Crippen LogP contribution in [0.1, 0.15) is 35.5 Å². The molecule has 34 heavy (non-hydrogen) atoms. The van der Waals surface area contributed by atoms with Gasteiger partial charge in [0.15, 0.2) is 11.9 Å². The van der Waals surface area contributed by atoms with Crippen LogP contribution in [0.2, 0.25) is 0 Å². The minimum Gasteiger partial charge on any atom is -0.464 e. The molecule has 178 valence electrons. The van der Waals surface area contributed by atoms with Gasteiger partial charge >= 0.3 is 19.7 Å². The van der Waals surface area contributed by atoms with Gasteiger partial charge in [0.05, 0.1) is 6.61 Å². The quantitative estimate of drug-likeness (QED) is 0.304. The maximum absolute atomic E-state index is 13.5. The predicted molar refractivity (Wildman–Crippen MR) is 126 cm³/mol. The molecule has 0 saturated heterocycles. The van der Waals surface area contributed by atoms with Gasteiger partial charge in [-0.25, -0.2) is 9.59 Å². The van der Waals surface area contributed by atoms with Gasteiger partial charge in [-0.3, -0.25) is 9.09 Å². The Labute approximate surface area is 198 Å². The first kappa shape index (κ1) is 25.2. The van der Waals surface area contributed by atoms with Crippen molar-refractivity contribution in [3.8, 4) is 0 Å². The normalized spacial score (nSPS) is 14.3. The highest BCUT2D eigenvalue weighted by molar-refractivity contribution is 7.53. The first-order valence-corrected chi connectivity index (χ1v) is 12.3. The molecule has 0 spiro atoms. The van der Waals surface area contributed by atoms with Crippen molar-refractivity contribution in [3.63, 3.8) is 0 Å². The van der Waals surface area contributed by atoms with E-state index in [1.54, 1.807) is 91.9 Å². The fourth-order valence-electron chi connectivity index (χ4n) is 3.16. The molecule has 0 saturated carbocycles. The third-order valence-electron chi connectivity index (χ3n) is 4.77. The van der Waals surface area contributed by atoms with Gasteiger partial charge in [-0.2, -0.15) is 0 Å². The second-order valence-electron chi connectivity index (χ2n) is 7.23. The van der Waals surface area contributed by atoms with Crippen molar-refractivity contribution in [2.24, 2.45) is 0 Å². The first-order chi connectivity index (χ1) is 16.4. The van der Waals surface area contributed by atoms with E-state index in [1.807, 2.05) is 6.07 Å². The number of ether oxygens (including phenoxy) is 2. The first-order valence-electron chi connectivity index (χ1n) is 10.7. The van der Waals surface area contributed by atoms with Crippen molar-refractivity contribution in [1.82, 2.24) is 5.32 Å². The molecule has 0 fully saturated rings. The highest BCUT2D eigenvalue weighted by atomic mass is 31.2. The molecule has 0 bridgehead atoms. The Bertz CT molecular complexity index is 1110. The van der Waals surface area contributed by atoms with E-state index in [0.29, 0.717) is 11.1 Å². The van der Waals surface area contributed by atoms with E-state index in [0.717, 1.165) is 5.56 Å². The third-order valence-corrected chi connectivity index (χ3v) is 6.36. The van der Waals surface area contributed by atoms with E-state index in [4.69, 9.17) is 14.0 Å². The number of benzene rings is 3. The number of amides is 1. The summed E-state index contributed by atoms with van der Waals surface area (Å²) in [6.07, 6.45) is -2.38. The maximum atomic E-state index is 13.5. The van der Waals surface area contributed by atoms with Crippen molar-refractivity contribution >= 4 is 19.7 Å². The second kappa shape index (κ2) is 12.1. The van der Waals surface area contributed by atoms with Crippen LogP contribution in [0.4, 0.5) is 4.79 Å². The molecule has 1 unspecified atom stereocenters. The van der Waals surface area contributed by atoms with Gasteiger partial charge in [-0.1, -0.05) is 91.0 Å². The zero-order chi connectivity index (χ0) is 24.4. The summed E-state index contributed by atoms with van der Waals surface area (Å²) >= 11 is 0. The summed E-state index contributed by atoms with van der Waals surface area (Å²) in [7, 11) is -4.69. The van der Waals surface area contributed by atoms with Crippen molar-refractivity contribution in [2.45, 2.75) is 25.4 Å². The van der Waals surface area contributed by atoms with E-state index in [1.165, 1.54) is 0 Å². The lowest BCUT2D eigenvalue weighted by Crippen LogP contribution is -2.30. The monoisotopic (exact) mass is 483 g/mol. The van der Waals surface area contributed by atoms with Gasteiger partial charge in [0.2, 0.25) is 0 Å². The maximum Gasteiger partial charge on any atom is 0.408 e. The molecule has 0 radical (unpaired) electrons. The molecule has 0 aliphatic rings. The molecule has 0 heterocycles. The van der Waals surface area contributed by atoms with Crippen LogP contribution in [0, 0.1) is 0 Å². The summed E-state index contributed by atoms with van der Waals surface area (Å²) in [6.45, 7) is 1.66. The number of carbonyl (C=O) groups is 2. The second-order valence-corrected chi connectivity index (χ2v) is 9.09. The van der Waals surface area contributed by atoms with Crippen molar-refractivity contribution in [3.05, 3.63) is 108 Å². The third kappa shape index (κ3) is 7.02. The fraction of sp³-hybridized carbons (Fsp3) is 0.200. The van der Waals surface area contributed by atoms with Crippen molar-refractivity contribution < 1.29 is 33.0 Å². The summed E-state index contributed by atoms with van der Waals surface area (Å²) < 4.78 is 29.2. The van der Waals surface area contributed by atoms with Crippen LogP contribution in [0.15, 0.2) is 91.0 Å². The Morgan fingerprint density at radius 2 is 1.38 bits per heavy atom. The Morgan fingerprint density at radius 3 is 1.94 bits per heavy atom.